The molecule has 0 saturated carbocycles. The summed E-state index contributed by atoms with van der Waals surface area (Å²) < 4.78 is 0. The zero-order chi connectivity index (χ0) is 14.1. The summed E-state index contributed by atoms with van der Waals surface area (Å²) in [6.45, 7) is 3.83. The van der Waals surface area contributed by atoms with Gasteiger partial charge in [0.1, 0.15) is 0 Å². The summed E-state index contributed by atoms with van der Waals surface area (Å²) >= 11 is 3.67. The third-order valence-corrected chi connectivity index (χ3v) is 5.30. The quantitative estimate of drug-likeness (QED) is 0.749. The van der Waals surface area contributed by atoms with Gasteiger partial charge in [-0.25, -0.2) is 0 Å². The van der Waals surface area contributed by atoms with Gasteiger partial charge in [-0.1, -0.05) is 28.9 Å². The molecule has 2 heterocycles. The van der Waals surface area contributed by atoms with Crippen LogP contribution in [0.15, 0.2) is 36.5 Å². The van der Waals surface area contributed by atoms with Crippen LogP contribution in [0.2, 0.25) is 0 Å². The summed E-state index contributed by atoms with van der Waals surface area (Å²) in [7, 11) is 0. The molecular weight excluding hydrogens is 316 g/mol. The van der Waals surface area contributed by atoms with Crippen LogP contribution < -0.4 is 0 Å². The second kappa shape index (κ2) is 5.52. The van der Waals surface area contributed by atoms with Crippen molar-refractivity contribution in [3.8, 4) is 0 Å². The third-order valence-electron chi connectivity index (χ3n) is 3.94. The SMILES string of the molecule is CC1CN(C(=O)c2ccc3ncccc3c2)CCC1Br. The van der Waals surface area contributed by atoms with Crippen LogP contribution in [0, 0.1) is 5.92 Å². The van der Waals surface area contributed by atoms with Gasteiger partial charge in [-0.3, -0.25) is 9.78 Å². The Kier molecular flexibility index (Phi) is 3.74. The fraction of sp³-hybridized carbons (Fsp3) is 0.375. The molecule has 0 aliphatic carbocycles. The van der Waals surface area contributed by atoms with Crippen molar-refractivity contribution in [3.63, 3.8) is 0 Å². The molecule has 1 saturated heterocycles. The van der Waals surface area contributed by atoms with Crippen molar-refractivity contribution in [1.29, 1.82) is 0 Å². The van der Waals surface area contributed by atoms with Gasteiger partial charge < -0.3 is 4.90 Å². The molecule has 2 aromatic rings. The van der Waals surface area contributed by atoms with E-state index in [0.717, 1.165) is 36.0 Å². The number of likely N-dealkylation sites (tertiary alicyclic amines) is 1. The van der Waals surface area contributed by atoms with Gasteiger partial charge in [0, 0.05) is 35.1 Å². The summed E-state index contributed by atoms with van der Waals surface area (Å²) in [5.74, 6) is 0.622. The van der Waals surface area contributed by atoms with Gasteiger partial charge in [0.25, 0.3) is 5.91 Å². The number of aromatic nitrogens is 1. The maximum absolute atomic E-state index is 12.6. The van der Waals surface area contributed by atoms with Crippen LogP contribution in [0.25, 0.3) is 10.9 Å². The molecule has 20 heavy (non-hydrogen) atoms. The zero-order valence-electron chi connectivity index (χ0n) is 11.4. The minimum atomic E-state index is 0.127. The number of fused-ring (bicyclic) bond motifs is 1. The molecule has 1 aromatic carbocycles. The first kappa shape index (κ1) is 13.6. The second-order valence-corrected chi connectivity index (χ2v) is 6.62. The molecule has 4 heteroatoms. The normalized spacial score (nSPS) is 23.0. The van der Waals surface area contributed by atoms with E-state index < -0.39 is 0 Å². The van der Waals surface area contributed by atoms with Crippen molar-refractivity contribution in [2.24, 2.45) is 5.92 Å². The van der Waals surface area contributed by atoms with E-state index in [1.54, 1.807) is 6.20 Å². The minimum absolute atomic E-state index is 0.127. The molecule has 2 atom stereocenters. The summed E-state index contributed by atoms with van der Waals surface area (Å²) in [5, 5.41) is 1.02. The number of halogens is 1. The van der Waals surface area contributed by atoms with Crippen molar-refractivity contribution >= 4 is 32.7 Å². The Morgan fingerprint density at radius 1 is 1.40 bits per heavy atom. The average molecular weight is 333 g/mol. The number of amides is 1. The van der Waals surface area contributed by atoms with Crippen LogP contribution in [-0.2, 0) is 0 Å². The van der Waals surface area contributed by atoms with E-state index in [2.05, 4.69) is 27.8 Å². The van der Waals surface area contributed by atoms with Crippen LogP contribution in [-0.4, -0.2) is 33.7 Å². The topological polar surface area (TPSA) is 33.2 Å². The van der Waals surface area contributed by atoms with E-state index in [-0.39, 0.29) is 5.91 Å². The van der Waals surface area contributed by atoms with Gasteiger partial charge in [0.05, 0.1) is 5.52 Å². The highest BCUT2D eigenvalue weighted by molar-refractivity contribution is 9.09. The van der Waals surface area contributed by atoms with E-state index in [4.69, 9.17) is 0 Å². The first-order valence-corrected chi connectivity index (χ1v) is 7.85. The number of hydrogen-bond donors (Lipinski definition) is 0. The number of pyridine rings is 1. The predicted octanol–water partition coefficient (Wildman–Crippen LogP) is 3.48. The standard InChI is InChI=1S/C16H17BrN2O/c1-11-10-19(8-6-14(11)17)16(20)13-4-5-15-12(9-13)3-2-7-18-15/h2-5,7,9,11,14H,6,8,10H2,1H3. The van der Waals surface area contributed by atoms with Gasteiger partial charge in [-0.05, 0) is 36.6 Å². The summed E-state index contributed by atoms with van der Waals surface area (Å²) in [6, 6.07) is 9.63. The Bertz CT molecular complexity index is 643. The van der Waals surface area contributed by atoms with Crippen molar-refractivity contribution < 1.29 is 4.79 Å². The van der Waals surface area contributed by atoms with Gasteiger partial charge >= 0.3 is 0 Å². The van der Waals surface area contributed by atoms with E-state index >= 15 is 0 Å². The molecule has 1 aromatic heterocycles. The number of rotatable bonds is 1. The lowest BCUT2D eigenvalue weighted by atomic mass is 9.99. The summed E-state index contributed by atoms with van der Waals surface area (Å²) in [5.41, 5.74) is 1.68. The van der Waals surface area contributed by atoms with E-state index in [9.17, 15) is 4.79 Å². The molecule has 0 radical (unpaired) electrons. The molecule has 0 spiro atoms. The molecule has 0 N–H and O–H groups in total. The van der Waals surface area contributed by atoms with Crippen LogP contribution in [0.5, 0.6) is 0 Å². The molecule has 2 unspecified atom stereocenters. The number of nitrogens with zero attached hydrogens (tertiary/aromatic N) is 2. The summed E-state index contributed by atoms with van der Waals surface area (Å²) in [4.78, 5) is 19.3. The summed E-state index contributed by atoms with van der Waals surface area (Å²) in [6.07, 6.45) is 2.79. The lowest BCUT2D eigenvalue weighted by Gasteiger charge is -2.34. The molecule has 0 bridgehead atoms. The number of carbonyl (C=O) groups is 1. The minimum Gasteiger partial charge on any atom is -0.338 e. The fourth-order valence-corrected chi connectivity index (χ4v) is 3.06. The Balaban J connectivity index is 1.85. The van der Waals surface area contributed by atoms with Gasteiger partial charge in [-0.15, -0.1) is 0 Å². The first-order valence-electron chi connectivity index (χ1n) is 6.93. The monoisotopic (exact) mass is 332 g/mol. The largest absolute Gasteiger partial charge is 0.338 e. The first-order chi connectivity index (χ1) is 9.65. The van der Waals surface area contributed by atoms with Crippen LogP contribution in [0.1, 0.15) is 23.7 Å². The molecule has 3 rings (SSSR count). The third kappa shape index (κ3) is 2.57. The molecule has 1 aliphatic heterocycles. The number of piperidine rings is 1. The van der Waals surface area contributed by atoms with Crippen LogP contribution in [0.3, 0.4) is 0 Å². The lowest BCUT2D eigenvalue weighted by Crippen LogP contribution is -2.43. The van der Waals surface area contributed by atoms with E-state index in [1.165, 1.54) is 0 Å². The van der Waals surface area contributed by atoms with Gasteiger partial charge in [-0.2, -0.15) is 0 Å². The molecule has 104 valence electrons. The average Bonchev–Trinajstić information content (AvgIpc) is 2.49. The molecule has 1 amide bonds. The smallest absolute Gasteiger partial charge is 0.253 e. The fourth-order valence-electron chi connectivity index (χ4n) is 2.69. The second-order valence-electron chi connectivity index (χ2n) is 5.44. The lowest BCUT2D eigenvalue weighted by molar-refractivity contribution is 0.0690. The van der Waals surface area contributed by atoms with Crippen LogP contribution >= 0.6 is 15.9 Å². The highest BCUT2D eigenvalue weighted by atomic mass is 79.9. The predicted molar refractivity (Wildman–Crippen MR) is 84.1 cm³/mol. The van der Waals surface area contributed by atoms with Crippen molar-refractivity contribution in [2.45, 2.75) is 18.2 Å². The highest BCUT2D eigenvalue weighted by Gasteiger charge is 2.27. The zero-order valence-corrected chi connectivity index (χ0v) is 13.0. The van der Waals surface area contributed by atoms with Crippen LogP contribution in [0.4, 0.5) is 0 Å². The van der Waals surface area contributed by atoms with Crippen molar-refractivity contribution in [3.05, 3.63) is 42.1 Å². The number of carbonyl (C=O) groups excluding carboxylic acids is 1. The van der Waals surface area contributed by atoms with E-state index in [1.807, 2.05) is 35.2 Å². The maximum Gasteiger partial charge on any atom is 0.253 e. The maximum atomic E-state index is 12.6. The highest BCUT2D eigenvalue weighted by Crippen LogP contribution is 2.25. The Labute approximate surface area is 127 Å². The Morgan fingerprint density at radius 3 is 3.05 bits per heavy atom. The molecular formula is C16H17BrN2O. The number of hydrogen-bond acceptors (Lipinski definition) is 2. The van der Waals surface area contributed by atoms with Crippen molar-refractivity contribution in [2.75, 3.05) is 13.1 Å². The molecule has 1 aliphatic rings. The van der Waals surface area contributed by atoms with E-state index in [0.29, 0.717) is 10.7 Å². The van der Waals surface area contributed by atoms with Gasteiger partial charge in [0.2, 0.25) is 0 Å². The molecule has 1 fully saturated rings. The Morgan fingerprint density at radius 2 is 2.25 bits per heavy atom. The number of alkyl halides is 1. The number of benzene rings is 1. The molecule has 3 nitrogen and oxygen atoms in total. The Hall–Kier alpha value is -1.42. The van der Waals surface area contributed by atoms with Gasteiger partial charge in [0.15, 0.2) is 0 Å². The van der Waals surface area contributed by atoms with Crippen molar-refractivity contribution in [1.82, 2.24) is 9.88 Å².